The van der Waals surface area contributed by atoms with Crippen LogP contribution in [0, 0.1) is 0 Å². The van der Waals surface area contributed by atoms with Gasteiger partial charge in [0.1, 0.15) is 5.82 Å². The molecule has 0 unspecified atom stereocenters. The predicted molar refractivity (Wildman–Crippen MR) is 111 cm³/mol. The summed E-state index contributed by atoms with van der Waals surface area (Å²) in [6.07, 6.45) is 7.51. The Morgan fingerprint density at radius 2 is 1.97 bits per heavy atom. The minimum atomic E-state index is -0.219. The van der Waals surface area contributed by atoms with Gasteiger partial charge < -0.3 is 16.0 Å². The van der Waals surface area contributed by atoms with Crippen molar-refractivity contribution in [1.29, 1.82) is 0 Å². The third-order valence-corrected chi connectivity index (χ3v) is 5.68. The quantitative estimate of drug-likeness (QED) is 0.720. The number of carbonyl (C=O) groups excluding carboxylic acids is 2. The molecule has 0 radical (unpaired) electrons. The van der Waals surface area contributed by atoms with Gasteiger partial charge in [0.25, 0.3) is 5.56 Å². The van der Waals surface area contributed by atoms with Gasteiger partial charge >= 0.3 is 6.03 Å². The van der Waals surface area contributed by atoms with Gasteiger partial charge in [0.15, 0.2) is 0 Å². The molecule has 1 aromatic heterocycles. The SMILES string of the molecule is O=C(CCNC(=O)NC1CCCCC1)Nc1ccc2nc3n(c(=O)c2c1)CCC3. The normalized spacial score (nSPS) is 16.4. The first-order valence-electron chi connectivity index (χ1n) is 10.5. The molecule has 0 spiro atoms. The van der Waals surface area contributed by atoms with E-state index in [-0.39, 0.29) is 36.5 Å². The number of fused-ring (bicyclic) bond motifs is 2. The number of amides is 3. The Morgan fingerprint density at radius 3 is 2.79 bits per heavy atom. The summed E-state index contributed by atoms with van der Waals surface area (Å²) in [5.41, 5.74) is 1.16. The van der Waals surface area contributed by atoms with Gasteiger partial charge in [-0.3, -0.25) is 14.2 Å². The van der Waals surface area contributed by atoms with Crippen LogP contribution in [0.15, 0.2) is 23.0 Å². The highest BCUT2D eigenvalue weighted by Gasteiger charge is 2.17. The summed E-state index contributed by atoms with van der Waals surface area (Å²) in [6, 6.07) is 5.22. The predicted octanol–water partition coefficient (Wildman–Crippen LogP) is 2.30. The molecule has 154 valence electrons. The minimum Gasteiger partial charge on any atom is -0.338 e. The molecule has 0 bridgehead atoms. The molecule has 3 N–H and O–H groups in total. The fourth-order valence-corrected chi connectivity index (χ4v) is 4.16. The molecular weight excluding hydrogens is 370 g/mol. The molecule has 2 aromatic rings. The second-order valence-electron chi connectivity index (χ2n) is 7.85. The molecule has 8 heteroatoms. The van der Waals surface area contributed by atoms with Crippen LogP contribution < -0.4 is 21.5 Å². The van der Waals surface area contributed by atoms with Crippen LogP contribution in [0.5, 0.6) is 0 Å². The number of aryl methyl sites for hydroxylation is 1. The highest BCUT2D eigenvalue weighted by atomic mass is 16.2. The van der Waals surface area contributed by atoms with Gasteiger partial charge in [0.2, 0.25) is 5.91 Å². The second-order valence-corrected chi connectivity index (χ2v) is 7.85. The number of rotatable bonds is 5. The van der Waals surface area contributed by atoms with Crippen molar-refractivity contribution in [3.63, 3.8) is 0 Å². The van der Waals surface area contributed by atoms with Crippen LogP contribution in [-0.2, 0) is 17.8 Å². The lowest BCUT2D eigenvalue weighted by molar-refractivity contribution is -0.116. The standard InChI is InChI=1S/C21H27N5O3/c27-19(10-11-22-21(29)24-14-5-2-1-3-6-14)23-15-8-9-17-16(13-15)20(28)26-12-4-7-18(26)25-17/h8-9,13-14H,1-7,10-12H2,(H,23,27)(H2,22,24,29). The van der Waals surface area contributed by atoms with Crippen LogP contribution in [0.2, 0.25) is 0 Å². The molecule has 2 heterocycles. The van der Waals surface area contributed by atoms with Crippen molar-refractivity contribution in [2.45, 2.75) is 64.0 Å². The number of aromatic nitrogens is 2. The second kappa shape index (κ2) is 8.63. The molecule has 29 heavy (non-hydrogen) atoms. The lowest BCUT2D eigenvalue weighted by Crippen LogP contribution is -2.43. The van der Waals surface area contributed by atoms with Gasteiger partial charge in [-0.1, -0.05) is 19.3 Å². The maximum atomic E-state index is 12.6. The maximum absolute atomic E-state index is 12.6. The minimum absolute atomic E-state index is 0.0559. The third-order valence-electron chi connectivity index (χ3n) is 5.68. The van der Waals surface area contributed by atoms with E-state index in [0.29, 0.717) is 23.1 Å². The Labute approximate surface area is 169 Å². The number of anilines is 1. The molecular formula is C21H27N5O3. The molecule has 2 aliphatic rings. The van der Waals surface area contributed by atoms with E-state index in [0.717, 1.165) is 44.3 Å². The zero-order chi connectivity index (χ0) is 20.2. The van der Waals surface area contributed by atoms with Gasteiger partial charge in [-0.2, -0.15) is 0 Å². The van der Waals surface area contributed by atoms with E-state index in [1.165, 1.54) is 6.42 Å². The molecule has 1 fully saturated rings. The Balaban J connectivity index is 1.30. The number of urea groups is 1. The van der Waals surface area contributed by atoms with Crippen molar-refractivity contribution in [3.05, 3.63) is 34.4 Å². The molecule has 8 nitrogen and oxygen atoms in total. The van der Waals surface area contributed by atoms with E-state index >= 15 is 0 Å². The van der Waals surface area contributed by atoms with E-state index in [9.17, 15) is 14.4 Å². The molecule has 1 saturated carbocycles. The topological polar surface area (TPSA) is 105 Å². The van der Waals surface area contributed by atoms with Crippen LogP contribution >= 0.6 is 0 Å². The van der Waals surface area contributed by atoms with Crippen LogP contribution in [0.25, 0.3) is 10.9 Å². The van der Waals surface area contributed by atoms with E-state index in [1.807, 2.05) is 0 Å². The van der Waals surface area contributed by atoms with Gasteiger partial charge in [-0.15, -0.1) is 0 Å². The zero-order valence-corrected chi connectivity index (χ0v) is 16.5. The van der Waals surface area contributed by atoms with Crippen LogP contribution in [0.3, 0.4) is 0 Å². The van der Waals surface area contributed by atoms with Crippen molar-refractivity contribution in [1.82, 2.24) is 20.2 Å². The maximum Gasteiger partial charge on any atom is 0.315 e. The molecule has 0 saturated heterocycles. The van der Waals surface area contributed by atoms with E-state index < -0.39 is 0 Å². The Morgan fingerprint density at radius 1 is 1.14 bits per heavy atom. The van der Waals surface area contributed by atoms with E-state index in [1.54, 1.807) is 22.8 Å². The van der Waals surface area contributed by atoms with Crippen LogP contribution in [0.4, 0.5) is 10.5 Å². The average molecular weight is 397 g/mol. The Kier molecular flexibility index (Phi) is 5.78. The summed E-state index contributed by atoms with van der Waals surface area (Å²) in [5, 5.41) is 9.01. The molecule has 1 aliphatic carbocycles. The van der Waals surface area contributed by atoms with Crippen molar-refractivity contribution in [2.24, 2.45) is 0 Å². The van der Waals surface area contributed by atoms with E-state index in [2.05, 4.69) is 20.9 Å². The van der Waals surface area contributed by atoms with Crippen molar-refractivity contribution < 1.29 is 9.59 Å². The van der Waals surface area contributed by atoms with Gasteiger partial charge in [-0.05, 0) is 37.5 Å². The Hall–Kier alpha value is -2.90. The van der Waals surface area contributed by atoms with Crippen molar-refractivity contribution in [3.8, 4) is 0 Å². The first kappa shape index (κ1) is 19.4. The smallest absolute Gasteiger partial charge is 0.315 e. The number of nitrogens with one attached hydrogen (secondary N) is 3. The van der Waals surface area contributed by atoms with E-state index in [4.69, 9.17) is 0 Å². The Bertz CT molecular complexity index is 978. The third kappa shape index (κ3) is 4.58. The highest BCUT2D eigenvalue weighted by Crippen LogP contribution is 2.19. The fourth-order valence-electron chi connectivity index (χ4n) is 4.16. The highest BCUT2D eigenvalue weighted by molar-refractivity contribution is 5.93. The van der Waals surface area contributed by atoms with Crippen LogP contribution in [-0.4, -0.2) is 34.1 Å². The molecule has 0 atom stereocenters. The number of hydrogen-bond acceptors (Lipinski definition) is 4. The monoisotopic (exact) mass is 397 g/mol. The van der Waals surface area contributed by atoms with Gasteiger partial charge in [-0.25, -0.2) is 9.78 Å². The first-order chi connectivity index (χ1) is 14.1. The first-order valence-corrected chi connectivity index (χ1v) is 10.5. The lowest BCUT2D eigenvalue weighted by Gasteiger charge is -2.22. The number of hydrogen-bond donors (Lipinski definition) is 3. The van der Waals surface area contributed by atoms with Crippen molar-refractivity contribution >= 4 is 28.5 Å². The average Bonchev–Trinajstić information content (AvgIpc) is 3.18. The lowest BCUT2D eigenvalue weighted by atomic mass is 9.96. The number of carbonyl (C=O) groups is 2. The molecule has 4 rings (SSSR count). The fraction of sp³-hybridized carbons (Fsp3) is 0.524. The largest absolute Gasteiger partial charge is 0.338 e. The summed E-state index contributed by atoms with van der Waals surface area (Å²) < 4.78 is 1.71. The molecule has 1 aliphatic heterocycles. The van der Waals surface area contributed by atoms with Crippen molar-refractivity contribution in [2.75, 3.05) is 11.9 Å². The van der Waals surface area contributed by atoms with Crippen LogP contribution in [0.1, 0.15) is 50.8 Å². The van der Waals surface area contributed by atoms with Gasteiger partial charge in [0.05, 0.1) is 10.9 Å². The van der Waals surface area contributed by atoms with Gasteiger partial charge in [0, 0.05) is 37.7 Å². The summed E-state index contributed by atoms with van der Waals surface area (Å²) in [6.45, 7) is 0.956. The molecule has 3 amide bonds. The number of benzene rings is 1. The summed E-state index contributed by atoms with van der Waals surface area (Å²) in [4.78, 5) is 41.3. The number of nitrogens with zero attached hydrogens (tertiary/aromatic N) is 2. The summed E-state index contributed by atoms with van der Waals surface area (Å²) in [5.74, 6) is 0.619. The summed E-state index contributed by atoms with van der Waals surface area (Å²) in [7, 11) is 0. The summed E-state index contributed by atoms with van der Waals surface area (Å²) >= 11 is 0. The zero-order valence-electron chi connectivity index (χ0n) is 16.5. The molecule has 1 aromatic carbocycles.